The van der Waals surface area contributed by atoms with Gasteiger partial charge in [0.15, 0.2) is 0 Å². The second-order valence-corrected chi connectivity index (χ2v) is 8.14. The number of aromatic nitrogens is 3. The smallest absolute Gasteiger partial charge is 0.246 e. The Morgan fingerprint density at radius 1 is 1.03 bits per heavy atom. The molecule has 3 aromatic rings. The number of fused-ring (bicyclic) bond motifs is 1. The van der Waals surface area contributed by atoms with Gasteiger partial charge in [-0.15, -0.1) is 0 Å². The number of aryl methyl sites for hydroxylation is 1. The van der Waals surface area contributed by atoms with Crippen molar-refractivity contribution in [1.82, 2.24) is 19.9 Å². The van der Waals surface area contributed by atoms with Crippen LogP contribution in [0.25, 0.3) is 11.0 Å². The average molecular weight is 393 g/mol. The van der Waals surface area contributed by atoms with Crippen molar-refractivity contribution in [3.63, 3.8) is 0 Å². The molecule has 1 fully saturated rings. The second kappa shape index (κ2) is 8.74. The predicted octanol–water partition coefficient (Wildman–Crippen LogP) is 3.06. The van der Waals surface area contributed by atoms with E-state index in [0.29, 0.717) is 6.54 Å². The van der Waals surface area contributed by atoms with Gasteiger partial charge in [-0.1, -0.05) is 42.5 Å². The SMILES string of the molecule is O=C(Cn1nc2ccccc2n1)N1CCC[C@@](CO)(CCCc2ccccc2)C1. The molecule has 1 atom stereocenters. The van der Waals surface area contributed by atoms with Crippen LogP contribution < -0.4 is 0 Å². The van der Waals surface area contributed by atoms with Crippen LogP contribution in [0, 0.1) is 5.41 Å². The summed E-state index contributed by atoms with van der Waals surface area (Å²) in [5.41, 5.74) is 2.71. The number of hydrogen-bond acceptors (Lipinski definition) is 4. The first-order valence-corrected chi connectivity index (χ1v) is 10.4. The zero-order valence-corrected chi connectivity index (χ0v) is 16.7. The maximum atomic E-state index is 12.9. The Bertz CT molecular complexity index is 923. The molecule has 0 bridgehead atoms. The average Bonchev–Trinajstić information content (AvgIpc) is 3.17. The van der Waals surface area contributed by atoms with Crippen LogP contribution in [0.5, 0.6) is 0 Å². The van der Waals surface area contributed by atoms with Crippen LogP contribution in [0.2, 0.25) is 0 Å². The Kier molecular flexibility index (Phi) is 5.90. The van der Waals surface area contributed by atoms with E-state index >= 15 is 0 Å². The monoisotopic (exact) mass is 392 g/mol. The van der Waals surface area contributed by atoms with Crippen molar-refractivity contribution in [2.45, 2.75) is 38.6 Å². The molecule has 152 valence electrons. The van der Waals surface area contributed by atoms with Crippen LogP contribution in [0.1, 0.15) is 31.2 Å². The Morgan fingerprint density at radius 3 is 2.41 bits per heavy atom. The minimum Gasteiger partial charge on any atom is -0.396 e. The van der Waals surface area contributed by atoms with Crippen LogP contribution in [-0.2, 0) is 17.8 Å². The van der Waals surface area contributed by atoms with E-state index in [-0.39, 0.29) is 24.5 Å². The van der Waals surface area contributed by atoms with E-state index < -0.39 is 0 Å². The molecule has 6 nitrogen and oxygen atoms in total. The Labute approximate surface area is 171 Å². The highest BCUT2D eigenvalue weighted by Gasteiger charge is 2.36. The van der Waals surface area contributed by atoms with Crippen molar-refractivity contribution in [1.29, 1.82) is 0 Å². The molecule has 1 N–H and O–H groups in total. The number of benzene rings is 2. The number of nitrogens with zero attached hydrogens (tertiary/aromatic N) is 4. The molecule has 29 heavy (non-hydrogen) atoms. The third-order valence-corrected chi connectivity index (χ3v) is 5.97. The highest BCUT2D eigenvalue weighted by Crippen LogP contribution is 2.35. The van der Waals surface area contributed by atoms with Crippen LogP contribution in [0.15, 0.2) is 54.6 Å². The van der Waals surface area contributed by atoms with Gasteiger partial charge < -0.3 is 10.0 Å². The lowest BCUT2D eigenvalue weighted by Crippen LogP contribution is -2.49. The van der Waals surface area contributed by atoms with Crippen molar-refractivity contribution >= 4 is 16.9 Å². The van der Waals surface area contributed by atoms with Crippen molar-refractivity contribution < 1.29 is 9.90 Å². The Hall–Kier alpha value is -2.73. The molecule has 2 aromatic carbocycles. The molecule has 1 saturated heterocycles. The lowest BCUT2D eigenvalue weighted by Gasteiger charge is -2.42. The number of amides is 1. The topological polar surface area (TPSA) is 71.2 Å². The summed E-state index contributed by atoms with van der Waals surface area (Å²) in [4.78, 5) is 16.3. The van der Waals surface area contributed by atoms with Crippen LogP contribution in [0.4, 0.5) is 0 Å². The molecule has 1 aliphatic heterocycles. The number of likely N-dealkylation sites (tertiary alicyclic amines) is 1. The molecule has 1 aliphatic rings. The number of aliphatic hydroxyl groups excluding tert-OH is 1. The van der Waals surface area contributed by atoms with Gasteiger partial charge in [-0.05, 0) is 49.8 Å². The first kappa shape index (κ1) is 19.6. The molecule has 2 heterocycles. The number of rotatable bonds is 7. The van der Waals surface area contributed by atoms with E-state index in [0.717, 1.165) is 49.7 Å². The van der Waals surface area contributed by atoms with Gasteiger partial charge in [-0.25, -0.2) is 0 Å². The van der Waals surface area contributed by atoms with Gasteiger partial charge in [0.1, 0.15) is 17.6 Å². The molecule has 6 heteroatoms. The zero-order valence-electron chi connectivity index (χ0n) is 16.7. The lowest BCUT2D eigenvalue weighted by molar-refractivity contribution is -0.136. The molecule has 0 saturated carbocycles. The third-order valence-electron chi connectivity index (χ3n) is 5.97. The molecule has 4 rings (SSSR count). The highest BCUT2D eigenvalue weighted by atomic mass is 16.3. The van der Waals surface area contributed by atoms with Crippen LogP contribution in [-0.4, -0.2) is 50.6 Å². The van der Waals surface area contributed by atoms with Gasteiger partial charge in [0.25, 0.3) is 0 Å². The van der Waals surface area contributed by atoms with E-state index in [1.165, 1.54) is 10.4 Å². The molecule has 0 unspecified atom stereocenters. The minimum absolute atomic E-state index is 0.0193. The molecule has 0 radical (unpaired) electrons. The fourth-order valence-electron chi connectivity index (χ4n) is 4.34. The number of piperidine rings is 1. The van der Waals surface area contributed by atoms with Crippen LogP contribution >= 0.6 is 0 Å². The standard InChI is InChI=1S/C23H28N4O2/c28-18-23(13-6-10-19-8-2-1-3-9-19)14-7-15-26(17-23)22(29)16-27-24-20-11-4-5-12-21(20)25-27/h1-5,8-9,11-12,28H,6-7,10,13-18H2/t23-/m0/s1. The number of carbonyl (C=O) groups excluding carboxylic acids is 1. The van der Waals surface area contributed by atoms with Gasteiger partial charge in [0.05, 0.1) is 6.61 Å². The predicted molar refractivity (Wildman–Crippen MR) is 112 cm³/mol. The lowest BCUT2D eigenvalue weighted by atomic mass is 9.76. The summed E-state index contributed by atoms with van der Waals surface area (Å²) in [5.74, 6) is 0.0193. The number of carbonyl (C=O) groups is 1. The van der Waals surface area contributed by atoms with Gasteiger partial charge in [-0.2, -0.15) is 15.0 Å². The van der Waals surface area contributed by atoms with Gasteiger partial charge in [-0.3, -0.25) is 4.79 Å². The normalized spacial score (nSPS) is 19.6. The molecular formula is C23H28N4O2. The first-order chi connectivity index (χ1) is 14.2. The summed E-state index contributed by atoms with van der Waals surface area (Å²) in [6.07, 6.45) is 4.82. The summed E-state index contributed by atoms with van der Waals surface area (Å²) in [6.45, 7) is 1.60. The first-order valence-electron chi connectivity index (χ1n) is 10.4. The number of aliphatic hydroxyl groups is 1. The second-order valence-electron chi connectivity index (χ2n) is 8.14. The number of hydrogen-bond donors (Lipinski definition) is 1. The van der Waals surface area contributed by atoms with Crippen molar-refractivity contribution in [3.05, 3.63) is 60.2 Å². The van der Waals surface area contributed by atoms with E-state index in [1.807, 2.05) is 35.2 Å². The van der Waals surface area contributed by atoms with Crippen molar-refractivity contribution in [2.24, 2.45) is 5.41 Å². The Balaban J connectivity index is 1.36. The maximum Gasteiger partial charge on any atom is 0.246 e. The van der Waals surface area contributed by atoms with Crippen molar-refractivity contribution in [2.75, 3.05) is 19.7 Å². The summed E-state index contributed by atoms with van der Waals surface area (Å²) < 4.78 is 0. The Morgan fingerprint density at radius 2 is 1.72 bits per heavy atom. The molecule has 1 aromatic heterocycles. The van der Waals surface area contributed by atoms with Crippen molar-refractivity contribution in [3.8, 4) is 0 Å². The van der Waals surface area contributed by atoms with E-state index in [2.05, 4.69) is 34.5 Å². The van der Waals surface area contributed by atoms with Gasteiger partial charge >= 0.3 is 0 Å². The van der Waals surface area contributed by atoms with E-state index in [4.69, 9.17) is 0 Å². The van der Waals surface area contributed by atoms with E-state index in [1.54, 1.807) is 0 Å². The van der Waals surface area contributed by atoms with Crippen LogP contribution in [0.3, 0.4) is 0 Å². The zero-order chi connectivity index (χ0) is 20.1. The van der Waals surface area contributed by atoms with Gasteiger partial charge in [0, 0.05) is 18.5 Å². The quantitative estimate of drug-likeness (QED) is 0.671. The maximum absolute atomic E-state index is 12.9. The molecular weight excluding hydrogens is 364 g/mol. The fraction of sp³-hybridized carbons (Fsp3) is 0.435. The summed E-state index contributed by atoms with van der Waals surface area (Å²) in [5, 5.41) is 18.9. The molecule has 0 spiro atoms. The fourth-order valence-corrected chi connectivity index (χ4v) is 4.34. The summed E-state index contributed by atoms with van der Waals surface area (Å²) in [7, 11) is 0. The highest BCUT2D eigenvalue weighted by molar-refractivity contribution is 5.77. The van der Waals surface area contributed by atoms with Gasteiger partial charge in [0.2, 0.25) is 5.91 Å². The summed E-state index contributed by atoms with van der Waals surface area (Å²) >= 11 is 0. The minimum atomic E-state index is -0.203. The summed E-state index contributed by atoms with van der Waals surface area (Å²) in [6, 6.07) is 18.1. The molecule has 0 aliphatic carbocycles. The third kappa shape index (κ3) is 4.65. The molecule has 1 amide bonds. The largest absolute Gasteiger partial charge is 0.396 e. The van der Waals surface area contributed by atoms with E-state index in [9.17, 15) is 9.90 Å².